The van der Waals surface area contributed by atoms with Crippen molar-refractivity contribution in [3.63, 3.8) is 0 Å². The molecular formula is C20H27N3O4S2. The molecule has 1 aromatic carbocycles. The molecule has 9 heteroatoms. The maximum atomic E-state index is 12.4. The van der Waals surface area contributed by atoms with Crippen LogP contribution in [0.25, 0.3) is 0 Å². The van der Waals surface area contributed by atoms with Crippen LogP contribution in [-0.4, -0.2) is 55.3 Å². The second kappa shape index (κ2) is 9.34. The molecule has 2 heterocycles. The van der Waals surface area contributed by atoms with Gasteiger partial charge < -0.3 is 10.1 Å². The zero-order valence-corrected chi connectivity index (χ0v) is 18.6. The summed E-state index contributed by atoms with van der Waals surface area (Å²) in [6.45, 7) is 8.40. The number of anilines is 1. The maximum absolute atomic E-state index is 12.4. The normalized spacial score (nSPS) is 20.5. The van der Waals surface area contributed by atoms with Crippen molar-refractivity contribution < 1.29 is 17.9 Å². The average molecular weight is 438 g/mol. The van der Waals surface area contributed by atoms with Gasteiger partial charge in [0, 0.05) is 31.4 Å². The molecule has 1 saturated heterocycles. The van der Waals surface area contributed by atoms with E-state index in [1.54, 1.807) is 24.3 Å². The van der Waals surface area contributed by atoms with Crippen molar-refractivity contribution in [1.82, 2.24) is 9.88 Å². The lowest BCUT2D eigenvalue weighted by Gasteiger charge is -2.34. The van der Waals surface area contributed by atoms with Crippen LogP contribution in [0.1, 0.15) is 31.5 Å². The zero-order chi connectivity index (χ0) is 21.0. The second-order valence-electron chi connectivity index (χ2n) is 7.53. The molecule has 0 bridgehead atoms. The van der Waals surface area contributed by atoms with Crippen LogP contribution in [0, 0.1) is 6.92 Å². The molecule has 1 fully saturated rings. The molecule has 1 aromatic heterocycles. The summed E-state index contributed by atoms with van der Waals surface area (Å²) >= 11 is 1.35. The molecule has 1 aliphatic rings. The van der Waals surface area contributed by atoms with Gasteiger partial charge in [-0.15, -0.1) is 11.3 Å². The van der Waals surface area contributed by atoms with Crippen molar-refractivity contribution in [2.24, 2.45) is 0 Å². The lowest BCUT2D eigenvalue weighted by Crippen LogP contribution is -2.44. The summed E-state index contributed by atoms with van der Waals surface area (Å²) in [4.78, 5) is 19.2. The van der Waals surface area contributed by atoms with Gasteiger partial charge in [0.15, 0.2) is 15.0 Å². The molecule has 158 valence electrons. The quantitative estimate of drug-likeness (QED) is 0.717. The van der Waals surface area contributed by atoms with Gasteiger partial charge >= 0.3 is 0 Å². The highest BCUT2D eigenvalue weighted by Crippen LogP contribution is 2.20. The Balaban J connectivity index is 1.50. The van der Waals surface area contributed by atoms with Gasteiger partial charge in [-0.3, -0.25) is 9.69 Å². The van der Waals surface area contributed by atoms with Crippen LogP contribution < -0.4 is 5.32 Å². The topological polar surface area (TPSA) is 88.6 Å². The molecule has 2 aromatic rings. The molecule has 1 N–H and O–H groups in total. The summed E-state index contributed by atoms with van der Waals surface area (Å²) in [5.41, 5.74) is 1.88. The predicted octanol–water partition coefficient (Wildman–Crippen LogP) is 2.86. The minimum Gasteiger partial charge on any atom is -0.373 e. The Kier molecular flexibility index (Phi) is 7.05. The second-order valence-corrected chi connectivity index (χ2v) is 10.5. The minimum atomic E-state index is -3.49. The van der Waals surface area contributed by atoms with Gasteiger partial charge in [-0.1, -0.05) is 17.7 Å². The van der Waals surface area contributed by atoms with E-state index in [4.69, 9.17) is 4.74 Å². The van der Waals surface area contributed by atoms with Gasteiger partial charge in [-0.05, 0) is 32.9 Å². The largest absolute Gasteiger partial charge is 0.373 e. The molecular weight excluding hydrogens is 410 g/mol. The molecule has 1 aliphatic heterocycles. The van der Waals surface area contributed by atoms with Crippen LogP contribution in [0.5, 0.6) is 0 Å². The summed E-state index contributed by atoms with van der Waals surface area (Å²) in [6, 6.07) is 6.64. The fourth-order valence-electron chi connectivity index (χ4n) is 3.35. The number of carbonyl (C=O) groups excluding carboxylic acids is 1. The first kappa shape index (κ1) is 21.9. The van der Waals surface area contributed by atoms with Crippen molar-refractivity contribution in [3.8, 4) is 0 Å². The number of aromatic nitrogens is 1. The summed E-state index contributed by atoms with van der Waals surface area (Å²) in [5, 5.41) is 5.12. The first-order valence-electron chi connectivity index (χ1n) is 9.63. The fraction of sp³-hybridized carbons (Fsp3) is 0.500. The Morgan fingerprint density at radius 1 is 1.24 bits per heavy atom. The van der Waals surface area contributed by atoms with Gasteiger partial charge in [-0.2, -0.15) is 0 Å². The molecule has 0 aliphatic carbocycles. The third-order valence-corrected chi connectivity index (χ3v) is 7.20. The molecule has 2 atom stereocenters. The van der Waals surface area contributed by atoms with Crippen molar-refractivity contribution in [2.45, 2.75) is 50.8 Å². The van der Waals surface area contributed by atoms with Crippen molar-refractivity contribution >= 4 is 32.2 Å². The minimum absolute atomic E-state index is 0.108. The molecule has 0 spiro atoms. The van der Waals surface area contributed by atoms with Crippen molar-refractivity contribution in [2.75, 3.05) is 24.2 Å². The Labute approximate surface area is 176 Å². The first-order chi connectivity index (χ1) is 13.7. The third kappa shape index (κ3) is 6.33. The molecule has 2 unspecified atom stereocenters. The number of benzene rings is 1. The monoisotopic (exact) mass is 437 g/mol. The predicted molar refractivity (Wildman–Crippen MR) is 114 cm³/mol. The number of sulfone groups is 1. The molecule has 29 heavy (non-hydrogen) atoms. The number of nitrogens with zero attached hydrogens (tertiary/aromatic N) is 2. The van der Waals surface area contributed by atoms with Gasteiger partial charge in [0.2, 0.25) is 5.91 Å². The fourth-order valence-corrected chi connectivity index (χ4v) is 5.31. The maximum Gasteiger partial charge on any atom is 0.227 e. The molecule has 0 radical (unpaired) electrons. The smallest absolute Gasteiger partial charge is 0.227 e. The van der Waals surface area contributed by atoms with E-state index in [1.807, 2.05) is 12.3 Å². The van der Waals surface area contributed by atoms with E-state index in [0.29, 0.717) is 11.7 Å². The SMILES string of the molecule is Cc1ccc(S(=O)(=O)CCC(=O)Nc2nc(CN3CC(C)OC(C)C3)cs2)cc1. The molecule has 3 rings (SSSR count). The van der Waals surface area contributed by atoms with E-state index >= 15 is 0 Å². The summed E-state index contributed by atoms with van der Waals surface area (Å²) in [5.74, 6) is -0.584. The van der Waals surface area contributed by atoms with Crippen LogP contribution in [0.3, 0.4) is 0 Å². The average Bonchev–Trinajstić information content (AvgIpc) is 3.06. The molecule has 7 nitrogen and oxygen atoms in total. The Bertz CT molecular complexity index is 931. The van der Waals surface area contributed by atoms with Crippen molar-refractivity contribution in [3.05, 3.63) is 40.9 Å². The summed E-state index contributed by atoms with van der Waals surface area (Å²) < 4.78 is 30.5. The van der Waals surface area contributed by atoms with Gasteiger partial charge in [-0.25, -0.2) is 13.4 Å². The Morgan fingerprint density at radius 3 is 2.55 bits per heavy atom. The van der Waals surface area contributed by atoms with Crippen LogP contribution >= 0.6 is 11.3 Å². The summed E-state index contributed by atoms with van der Waals surface area (Å²) in [6.07, 6.45) is 0.267. The van der Waals surface area contributed by atoms with E-state index in [2.05, 4.69) is 29.0 Å². The van der Waals surface area contributed by atoms with Crippen LogP contribution in [0.4, 0.5) is 5.13 Å². The standard InChI is InChI=1S/C20H27N3O4S2/c1-14-4-6-18(7-5-14)29(25,26)9-8-19(24)22-20-21-17(13-28-20)12-23-10-15(2)27-16(3)11-23/h4-7,13,15-16H,8-12H2,1-3H3,(H,21,22,24). The van der Waals surface area contributed by atoms with Crippen LogP contribution in [-0.2, 0) is 25.9 Å². The zero-order valence-electron chi connectivity index (χ0n) is 16.9. The van der Waals surface area contributed by atoms with Crippen LogP contribution in [0.2, 0.25) is 0 Å². The Hall–Kier alpha value is -1.81. The van der Waals surface area contributed by atoms with E-state index in [9.17, 15) is 13.2 Å². The van der Waals surface area contributed by atoms with Gasteiger partial charge in [0.25, 0.3) is 0 Å². The number of hydrogen-bond donors (Lipinski definition) is 1. The van der Waals surface area contributed by atoms with E-state index in [1.165, 1.54) is 11.3 Å². The number of carbonyl (C=O) groups is 1. The third-order valence-electron chi connectivity index (χ3n) is 4.66. The van der Waals surface area contributed by atoms with E-state index in [-0.39, 0.29) is 35.2 Å². The number of aryl methyl sites for hydroxylation is 1. The van der Waals surface area contributed by atoms with Crippen molar-refractivity contribution in [1.29, 1.82) is 0 Å². The van der Waals surface area contributed by atoms with Gasteiger partial charge in [0.1, 0.15) is 0 Å². The molecule has 0 saturated carbocycles. The number of thiazole rings is 1. The van der Waals surface area contributed by atoms with Gasteiger partial charge in [0.05, 0.1) is 28.6 Å². The number of nitrogens with one attached hydrogen (secondary N) is 1. The van der Waals surface area contributed by atoms with E-state index in [0.717, 1.165) is 24.3 Å². The Morgan fingerprint density at radius 2 is 1.90 bits per heavy atom. The number of hydrogen-bond acceptors (Lipinski definition) is 7. The lowest BCUT2D eigenvalue weighted by atomic mass is 10.2. The lowest BCUT2D eigenvalue weighted by molar-refractivity contribution is -0.115. The number of morpholine rings is 1. The number of amides is 1. The first-order valence-corrected chi connectivity index (χ1v) is 12.2. The van der Waals surface area contributed by atoms with Crippen LogP contribution in [0.15, 0.2) is 34.5 Å². The highest BCUT2D eigenvalue weighted by Gasteiger charge is 2.23. The molecule has 1 amide bonds. The summed E-state index contributed by atoms with van der Waals surface area (Å²) in [7, 11) is -3.49. The number of rotatable bonds is 7. The highest BCUT2D eigenvalue weighted by molar-refractivity contribution is 7.91. The highest BCUT2D eigenvalue weighted by atomic mass is 32.2. The van der Waals surface area contributed by atoms with E-state index < -0.39 is 9.84 Å². The number of ether oxygens (including phenoxy) is 1.